The van der Waals surface area contributed by atoms with Crippen LogP contribution in [0.5, 0.6) is 5.75 Å². The number of nitrogens with one attached hydrogen (secondary N) is 1. The molecule has 0 radical (unpaired) electrons. The van der Waals surface area contributed by atoms with Gasteiger partial charge in [-0.15, -0.1) is 0 Å². The molecule has 3 aromatic rings. The first kappa shape index (κ1) is 31.9. The number of aryl methyl sites for hydroxylation is 1. The average Bonchev–Trinajstić information content (AvgIpc) is 3.26. The van der Waals surface area contributed by atoms with Gasteiger partial charge in [-0.05, 0) is 61.9 Å². The van der Waals surface area contributed by atoms with Crippen molar-refractivity contribution in [2.24, 2.45) is 0 Å². The minimum Gasteiger partial charge on any atom is -0.497 e. The van der Waals surface area contributed by atoms with Crippen molar-refractivity contribution in [3.05, 3.63) is 65.4 Å². The van der Waals surface area contributed by atoms with Crippen LogP contribution in [0.3, 0.4) is 0 Å². The van der Waals surface area contributed by atoms with Gasteiger partial charge < -0.3 is 15.0 Å². The molecule has 41 heavy (non-hydrogen) atoms. The van der Waals surface area contributed by atoms with E-state index in [0.717, 1.165) is 79.2 Å². The van der Waals surface area contributed by atoms with E-state index < -0.39 is 0 Å². The van der Waals surface area contributed by atoms with Crippen molar-refractivity contribution in [2.75, 3.05) is 27.2 Å². The molecule has 1 heterocycles. The molecule has 7 heteroatoms. The number of hydrogen-bond acceptors (Lipinski definition) is 4. The van der Waals surface area contributed by atoms with Crippen LogP contribution >= 0.6 is 0 Å². The molecule has 2 aromatic carbocycles. The number of carbonyl (C=O) groups is 3. The van der Waals surface area contributed by atoms with E-state index in [-0.39, 0.29) is 24.1 Å². The third kappa shape index (κ3) is 9.48. The van der Waals surface area contributed by atoms with Crippen LogP contribution in [0, 0.1) is 6.92 Å². The second-order valence-corrected chi connectivity index (χ2v) is 10.9. The number of aromatic nitrogens is 1. The van der Waals surface area contributed by atoms with E-state index in [1.807, 2.05) is 67.4 Å². The lowest BCUT2D eigenvalue weighted by Gasteiger charge is -2.16. The summed E-state index contributed by atoms with van der Waals surface area (Å²) in [5, 5.41) is 3.93. The minimum absolute atomic E-state index is 0.0162. The van der Waals surface area contributed by atoms with Gasteiger partial charge in [0.05, 0.1) is 19.0 Å². The molecule has 3 rings (SSSR count). The second-order valence-electron chi connectivity index (χ2n) is 10.9. The fraction of sp³-hybridized carbons (Fsp3) is 0.500. The predicted octanol–water partition coefficient (Wildman–Crippen LogP) is 6.49. The number of amides is 2. The van der Waals surface area contributed by atoms with Crippen LogP contribution in [0.4, 0.5) is 0 Å². The molecular weight excluding hydrogens is 514 g/mol. The van der Waals surface area contributed by atoms with Crippen molar-refractivity contribution in [3.8, 4) is 5.75 Å². The lowest BCUT2D eigenvalue weighted by Crippen LogP contribution is -2.27. The first-order valence-electron chi connectivity index (χ1n) is 15.1. The zero-order valence-electron chi connectivity index (χ0n) is 25.3. The van der Waals surface area contributed by atoms with E-state index in [0.29, 0.717) is 31.6 Å². The van der Waals surface area contributed by atoms with Gasteiger partial charge in [0.1, 0.15) is 5.75 Å². The number of unbranched alkanes of at least 4 members (excludes halogenated alkanes) is 5. The molecule has 0 unspecified atom stereocenters. The van der Waals surface area contributed by atoms with Gasteiger partial charge in [0.25, 0.3) is 0 Å². The van der Waals surface area contributed by atoms with Crippen molar-refractivity contribution >= 4 is 28.6 Å². The van der Waals surface area contributed by atoms with Gasteiger partial charge >= 0.3 is 0 Å². The maximum atomic E-state index is 13.3. The molecule has 0 saturated carbocycles. The summed E-state index contributed by atoms with van der Waals surface area (Å²) in [6.07, 6.45) is 8.95. The number of methoxy groups -OCH3 is 1. The molecule has 0 atom stereocenters. The summed E-state index contributed by atoms with van der Waals surface area (Å²) in [5.74, 6) is 0.898. The Morgan fingerprint density at radius 2 is 1.66 bits per heavy atom. The van der Waals surface area contributed by atoms with Gasteiger partial charge in [-0.2, -0.15) is 0 Å². The van der Waals surface area contributed by atoms with Gasteiger partial charge in [0.2, 0.25) is 17.7 Å². The summed E-state index contributed by atoms with van der Waals surface area (Å²) in [5.41, 5.74) is 3.59. The molecule has 1 N–H and O–H groups in total. The Labute approximate surface area is 245 Å². The summed E-state index contributed by atoms with van der Waals surface area (Å²) < 4.78 is 7.20. The summed E-state index contributed by atoms with van der Waals surface area (Å²) in [7, 11) is 3.51. The van der Waals surface area contributed by atoms with E-state index >= 15 is 0 Å². The lowest BCUT2D eigenvalue weighted by molar-refractivity contribution is -0.130. The molecule has 0 aliphatic rings. The molecule has 0 aliphatic heterocycles. The third-order valence-corrected chi connectivity index (χ3v) is 7.76. The molecule has 0 spiro atoms. The Bertz CT molecular complexity index is 1280. The highest BCUT2D eigenvalue weighted by Gasteiger charge is 2.21. The van der Waals surface area contributed by atoms with Crippen LogP contribution in [0.15, 0.2) is 48.5 Å². The summed E-state index contributed by atoms with van der Waals surface area (Å²) >= 11 is 0. The number of carbonyl (C=O) groups excluding carboxylic acids is 3. The fourth-order valence-electron chi connectivity index (χ4n) is 5.23. The highest BCUT2D eigenvalue weighted by atomic mass is 16.5. The van der Waals surface area contributed by atoms with E-state index in [2.05, 4.69) is 12.2 Å². The van der Waals surface area contributed by atoms with E-state index in [1.54, 1.807) is 11.7 Å². The number of nitrogens with zero attached hydrogens (tertiary/aromatic N) is 2. The molecule has 7 nitrogen and oxygen atoms in total. The molecule has 0 bridgehead atoms. The number of rotatable bonds is 17. The smallest absolute Gasteiger partial charge is 0.231 e. The molecular formula is C34H47N3O4. The lowest BCUT2D eigenvalue weighted by atomic mass is 10.1. The van der Waals surface area contributed by atoms with Crippen molar-refractivity contribution in [1.29, 1.82) is 0 Å². The van der Waals surface area contributed by atoms with Crippen molar-refractivity contribution in [3.63, 3.8) is 0 Å². The molecule has 0 aliphatic carbocycles. The van der Waals surface area contributed by atoms with Crippen molar-refractivity contribution in [1.82, 2.24) is 14.8 Å². The SMILES string of the molecule is CCCCN(C)C(=O)CCCCCCCNC(=O)Cc1c(C)n(C(=O)CCc2ccccc2)c2ccc(OC)cc12. The molecule has 2 amide bonds. The highest BCUT2D eigenvalue weighted by molar-refractivity contribution is 5.98. The Balaban J connectivity index is 1.50. The van der Waals surface area contributed by atoms with E-state index in [9.17, 15) is 14.4 Å². The summed E-state index contributed by atoms with van der Waals surface area (Å²) in [6.45, 7) is 5.51. The number of ether oxygens (including phenoxy) is 1. The monoisotopic (exact) mass is 561 g/mol. The Hall–Kier alpha value is -3.61. The number of hydrogen-bond donors (Lipinski definition) is 1. The highest BCUT2D eigenvalue weighted by Crippen LogP contribution is 2.30. The maximum Gasteiger partial charge on any atom is 0.231 e. The van der Waals surface area contributed by atoms with Crippen LogP contribution in [-0.2, 0) is 22.4 Å². The van der Waals surface area contributed by atoms with Gasteiger partial charge in [0, 0.05) is 44.1 Å². The second kappa shape index (κ2) is 16.6. The standard InChI is InChI=1S/C34H47N3O4/c1-5-6-23-36(3)33(39)17-13-8-7-9-14-22-35-32(38)25-29-26(2)37(31-20-19-28(41-4)24-30(29)31)34(40)21-18-27-15-11-10-12-16-27/h10-12,15-16,19-20,24H,5-9,13-14,17-18,21-23,25H2,1-4H3,(H,35,38). The van der Waals surface area contributed by atoms with E-state index in [1.165, 1.54) is 0 Å². The topological polar surface area (TPSA) is 80.6 Å². The first-order valence-corrected chi connectivity index (χ1v) is 15.1. The Kier molecular flexibility index (Phi) is 12.9. The first-order chi connectivity index (χ1) is 19.8. The molecule has 0 fully saturated rings. The van der Waals surface area contributed by atoms with Crippen LogP contribution in [-0.4, -0.2) is 54.4 Å². The van der Waals surface area contributed by atoms with Crippen LogP contribution in [0.2, 0.25) is 0 Å². The number of benzene rings is 2. The quantitative estimate of drug-likeness (QED) is 0.191. The number of fused-ring (bicyclic) bond motifs is 1. The Morgan fingerprint density at radius 3 is 2.39 bits per heavy atom. The normalized spacial score (nSPS) is 11.0. The maximum absolute atomic E-state index is 13.3. The molecule has 222 valence electrons. The fourth-order valence-corrected chi connectivity index (χ4v) is 5.23. The van der Waals surface area contributed by atoms with Gasteiger partial charge in [-0.3, -0.25) is 19.0 Å². The average molecular weight is 562 g/mol. The third-order valence-electron chi connectivity index (χ3n) is 7.76. The van der Waals surface area contributed by atoms with Gasteiger partial charge in [0.15, 0.2) is 0 Å². The zero-order valence-corrected chi connectivity index (χ0v) is 25.3. The van der Waals surface area contributed by atoms with Crippen LogP contribution < -0.4 is 10.1 Å². The summed E-state index contributed by atoms with van der Waals surface area (Å²) in [4.78, 5) is 40.2. The molecule has 1 aromatic heterocycles. The summed E-state index contributed by atoms with van der Waals surface area (Å²) in [6, 6.07) is 15.7. The van der Waals surface area contributed by atoms with Gasteiger partial charge in [-0.25, -0.2) is 0 Å². The van der Waals surface area contributed by atoms with Crippen molar-refractivity contribution < 1.29 is 19.1 Å². The van der Waals surface area contributed by atoms with Crippen molar-refractivity contribution in [2.45, 2.75) is 84.5 Å². The zero-order chi connectivity index (χ0) is 29.6. The Morgan fingerprint density at radius 1 is 0.927 bits per heavy atom. The predicted molar refractivity (Wildman–Crippen MR) is 166 cm³/mol. The van der Waals surface area contributed by atoms with Gasteiger partial charge in [-0.1, -0.05) is 62.9 Å². The van der Waals surface area contributed by atoms with Crippen LogP contribution in [0.25, 0.3) is 10.9 Å². The molecule has 0 saturated heterocycles. The minimum atomic E-state index is -0.0487. The van der Waals surface area contributed by atoms with E-state index in [4.69, 9.17) is 4.74 Å². The van der Waals surface area contributed by atoms with Crippen LogP contribution in [0.1, 0.15) is 86.3 Å². The largest absolute Gasteiger partial charge is 0.497 e.